The van der Waals surface area contributed by atoms with Crippen LogP contribution in [-0.4, -0.2) is 18.1 Å². The number of hydrogen-bond donors (Lipinski definition) is 2. The number of rotatable bonds is 3. The van der Waals surface area contributed by atoms with Crippen LogP contribution >= 0.6 is 11.3 Å². The molecule has 0 aliphatic carbocycles. The number of fused-ring (bicyclic) bond motifs is 3. The van der Waals surface area contributed by atoms with Crippen LogP contribution in [0.2, 0.25) is 0 Å². The van der Waals surface area contributed by atoms with Crippen LogP contribution < -0.4 is 14.8 Å². The molecule has 1 amide bonds. The summed E-state index contributed by atoms with van der Waals surface area (Å²) in [4.78, 5) is 14.2. The van der Waals surface area contributed by atoms with Gasteiger partial charge in [0.2, 0.25) is 0 Å². The van der Waals surface area contributed by atoms with Crippen LogP contribution in [0.3, 0.4) is 0 Å². The van der Waals surface area contributed by atoms with Crippen molar-refractivity contribution in [2.24, 2.45) is 0 Å². The van der Waals surface area contributed by atoms with Gasteiger partial charge >= 0.3 is 0 Å². The molecule has 0 unspecified atom stereocenters. The summed E-state index contributed by atoms with van der Waals surface area (Å²) in [6, 6.07) is 14.4. The summed E-state index contributed by atoms with van der Waals surface area (Å²) in [5.41, 5.74) is 2.52. The van der Waals surface area contributed by atoms with Crippen molar-refractivity contribution in [2.75, 3.05) is 12.4 Å². The number of phenolic OH excluding ortho intramolecular Hbond substituents is 1. The highest BCUT2D eigenvalue weighted by atomic mass is 32.1. The predicted octanol–water partition coefficient (Wildman–Crippen LogP) is 4.27. The van der Waals surface area contributed by atoms with E-state index in [1.165, 1.54) is 24.5 Å². The summed E-state index contributed by atoms with van der Waals surface area (Å²) >= 11 is 1.44. The zero-order chi connectivity index (χ0) is 17.4. The van der Waals surface area contributed by atoms with Crippen molar-refractivity contribution in [1.82, 2.24) is 0 Å². The third kappa shape index (κ3) is 2.81. The van der Waals surface area contributed by atoms with Gasteiger partial charge in [0, 0.05) is 27.8 Å². The molecular weight excluding hydrogens is 338 g/mol. The Labute approximate surface area is 148 Å². The molecule has 0 saturated heterocycles. The molecule has 4 rings (SSSR count). The lowest BCUT2D eigenvalue weighted by atomic mass is 10.1. The number of hydrogen-bond acceptors (Lipinski definition) is 5. The minimum Gasteiger partial charge on any atom is -0.504 e. The van der Waals surface area contributed by atoms with E-state index < -0.39 is 0 Å². The summed E-state index contributed by atoms with van der Waals surface area (Å²) in [6.07, 6.45) is 0. The molecule has 2 heterocycles. The van der Waals surface area contributed by atoms with Gasteiger partial charge in [-0.1, -0.05) is 12.1 Å². The fraction of sp³-hybridized carbons (Fsp3) is 0.105. The van der Waals surface area contributed by atoms with Crippen LogP contribution in [0, 0.1) is 0 Å². The van der Waals surface area contributed by atoms with Crippen molar-refractivity contribution in [2.45, 2.75) is 6.61 Å². The van der Waals surface area contributed by atoms with Gasteiger partial charge < -0.3 is 19.9 Å². The topological polar surface area (TPSA) is 67.8 Å². The standard InChI is InChI=1S/C19H15NO4S/c1-23-16-7-6-12(9-14(16)21)20-19(22)17-8-11-10-24-15-5-3-2-4-13(15)18(11)25-17/h2-9,21H,10H2,1H3,(H,20,22). The van der Waals surface area contributed by atoms with Crippen molar-refractivity contribution >= 4 is 22.9 Å². The number of para-hydroxylation sites is 1. The number of aromatic hydroxyl groups is 1. The maximum absolute atomic E-state index is 12.6. The van der Waals surface area contributed by atoms with Crippen molar-refractivity contribution in [1.29, 1.82) is 0 Å². The molecule has 2 N–H and O–H groups in total. The first-order chi connectivity index (χ1) is 12.2. The Hall–Kier alpha value is -2.99. The van der Waals surface area contributed by atoms with Gasteiger partial charge in [0.1, 0.15) is 12.4 Å². The Morgan fingerprint density at radius 2 is 2.08 bits per heavy atom. The van der Waals surface area contributed by atoms with Gasteiger partial charge in [-0.3, -0.25) is 4.79 Å². The molecule has 0 saturated carbocycles. The molecule has 0 atom stereocenters. The van der Waals surface area contributed by atoms with Crippen molar-refractivity contribution in [3.05, 3.63) is 59.0 Å². The molecule has 0 spiro atoms. The molecule has 0 radical (unpaired) electrons. The second kappa shape index (κ2) is 6.14. The van der Waals surface area contributed by atoms with E-state index in [0.717, 1.165) is 21.8 Å². The molecule has 1 aromatic heterocycles. The molecule has 1 aliphatic rings. The van der Waals surface area contributed by atoms with Crippen molar-refractivity contribution < 1.29 is 19.4 Å². The fourth-order valence-corrected chi connectivity index (χ4v) is 3.86. The summed E-state index contributed by atoms with van der Waals surface area (Å²) in [6.45, 7) is 0.458. The summed E-state index contributed by atoms with van der Waals surface area (Å²) in [5.74, 6) is 0.955. The number of carbonyl (C=O) groups excluding carboxylic acids is 1. The zero-order valence-electron chi connectivity index (χ0n) is 13.4. The van der Waals surface area contributed by atoms with E-state index in [2.05, 4.69) is 5.32 Å². The van der Waals surface area contributed by atoms with Crippen molar-refractivity contribution in [3.63, 3.8) is 0 Å². The van der Waals surface area contributed by atoms with Gasteiger partial charge in [-0.05, 0) is 30.3 Å². The van der Waals surface area contributed by atoms with Gasteiger partial charge in [0.05, 0.1) is 12.0 Å². The lowest BCUT2D eigenvalue weighted by Crippen LogP contribution is -2.10. The molecule has 5 nitrogen and oxygen atoms in total. The van der Waals surface area contributed by atoms with Crippen LogP contribution in [0.5, 0.6) is 17.2 Å². The van der Waals surface area contributed by atoms with Gasteiger partial charge in [0.15, 0.2) is 11.5 Å². The minimum atomic E-state index is -0.221. The van der Waals surface area contributed by atoms with E-state index in [1.807, 2.05) is 30.3 Å². The molecule has 2 aromatic carbocycles. The molecule has 25 heavy (non-hydrogen) atoms. The number of nitrogens with one attached hydrogen (secondary N) is 1. The number of thiophene rings is 1. The average Bonchev–Trinajstić information content (AvgIpc) is 3.07. The van der Waals surface area contributed by atoms with E-state index in [4.69, 9.17) is 9.47 Å². The molecule has 6 heteroatoms. The Balaban J connectivity index is 1.60. The quantitative estimate of drug-likeness (QED) is 0.738. The second-order valence-corrected chi connectivity index (χ2v) is 6.64. The highest BCUT2D eigenvalue weighted by Gasteiger charge is 2.22. The smallest absolute Gasteiger partial charge is 0.265 e. The molecule has 1 aliphatic heterocycles. The number of phenols is 1. The Kier molecular flexibility index (Phi) is 3.82. The Bertz CT molecular complexity index is 964. The highest BCUT2D eigenvalue weighted by molar-refractivity contribution is 7.17. The first-order valence-electron chi connectivity index (χ1n) is 7.69. The third-order valence-electron chi connectivity index (χ3n) is 3.98. The number of ether oxygens (including phenoxy) is 2. The van der Waals surface area contributed by atoms with E-state index in [0.29, 0.717) is 22.9 Å². The number of benzene rings is 2. The summed E-state index contributed by atoms with van der Waals surface area (Å²) < 4.78 is 10.7. The van der Waals surface area contributed by atoms with E-state index in [-0.39, 0.29) is 11.7 Å². The normalized spacial score (nSPS) is 11.9. The van der Waals surface area contributed by atoms with E-state index in [9.17, 15) is 9.90 Å². The molecule has 0 fully saturated rings. The third-order valence-corrected chi connectivity index (χ3v) is 5.19. The largest absolute Gasteiger partial charge is 0.504 e. The lowest BCUT2D eigenvalue weighted by molar-refractivity contribution is 0.103. The fourth-order valence-electron chi connectivity index (χ4n) is 2.77. The molecular formula is C19H15NO4S. The molecule has 126 valence electrons. The second-order valence-electron chi connectivity index (χ2n) is 5.59. The molecule has 3 aromatic rings. The molecule has 0 bridgehead atoms. The number of carbonyl (C=O) groups is 1. The van der Waals surface area contributed by atoms with Crippen LogP contribution in [-0.2, 0) is 6.61 Å². The number of amides is 1. The Morgan fingerprint density at radius 3 is 2.88 bits per heavy atom. The van der Waals surface area contributed by atoms with Gasteiger partial charge in [-0.2, -0.15) is 0 Å². The Morgan fingerprint density at radius 1 is 1.24 bits per heavy atom. The van der Waals surface area contributed by atoms with Gasteiger partial charge in [-0.15, -0.1) is 11.3 Å². The first-order valence-corrected chi connectivity index (χ1v) is 8.50. The van der Waals surface area contributed by atoms with Gasteiger partial charge in [-0.25, -0.2) is 0 Å². The zero-order valence-corrected chi connectivity index (χ0v) is 14.2. The number of anilines is 1. The van der Waals surface area contributed by atoms with E-state index in [1.54, 1.807) is 12.1 Å². The first kappa shape index (κ1) is 15.5. The monoisotopic (exact) mass is 353 g/mol. The SMILES string of the molecule is COc1ccc(NC(=O)c2cc3c(s2)-c2ccccc2OC3)cc1O. The maximum atomic E-state index is 12.6. The maximum Gasteiger partial charge on any atom is 0.265 e. The van der Waals surface area contributed by atoms with Crippen LogP contribution in [0.1, 0.15) is 15.2 Å². The van der Waals surface area contributed by atoms with Crippen molar-refractivity contribution in [3.8, 4) is 27.7 Å². The van der Waals surface area contributed by atoms with Crippen LogP contribution in [0.15, 0.2) is 48.5 Å². The summed E-state index contributed by atoms with van der Waals surface area (Å²) in [7, 11) is 1.48. The van der Waals surface area contributed by atoms with Crippen LogP contribution in [0.4, 0.5) is 5.69 Å². The number of methoxy groups -OCH3 is 1. The highest BCUT2D eigenvalue weighted by Crippen LogP contribution is 2.42. The minimum absolute atomic E-state index is 0.0203. The van der Waals surface area contributed by atoms with Crippen LogP contribution in [0.25, 0.3) is 10.4 Å². The lowest BCUT2D eigenvalue weighted by Gasteiger charge is -2.16. The predicted molar refractivity (Wildman–Crippen MR) is 96.7 cm³/mol. The average molecular weight is 353 g/mol. The van der Waals surface area contributed by atoms with E-state index >= 15 is 0 Å². The summed E-state index contributed by atoms with van der Waals surface area (Å²) in [5, 5.41) is 12.6. The van der Waals surface area contributed by atoms with Gasteiger partial charge in [0.25, 0.3) is 5.91 Å².